The summed E-state index contributed by atoms with van der Waals surface area (Å²) in [6, 6.07) is 2.70. The summed E-state index contributed by atoms with van der Waals surface area (Å²) in [6.07, 6.45) is 5.24. The molecule has 9 nitrogen and oxygen atoms in total. The number of imidazole rings is 1. The molecule has 5 N–H and O–H groups in total. The van der Waals surface area contributed by atoms with Gasteiger partial charge in [-0.15, -0.1) is 0 Å². The maximum Gasteiger partial charge on any atom is 0.224 e. The Hall–Kier alpha value is -2.69. The Morgan fingerprint density at radius 2 is 1.91 bits per heavy atom. The summed E-state index contributed by atoms with van der Waals surface area (Å²) in [5.74, 6) is -0.267. The zero-order valence-corrected chi connectivity index (χ0v) is 19.7. The Morgan fingerprint density at radius 3 is 2.56 bits per heavy atom. The number of anilines is 3. The third-order valence-electron chi connectivity index (χ3n) is 6.59. The summed E-state index contributed by atoms with van der Waals surface area (Å²) in [4.78, 5) is 25.3. The monoisotopic (exact) mass is 507 g/mol. The number of halogens is 3. The fourth-order valence-corrected chi connectivity index (χ4v) is 5.19. The minimum atomic E-state index is -0.606. The van der Waals surface area contributed by atoms with E-state index in [1.54, 1.807) is 6.20 Å². The molecule has 1 amide bonds. The zero-order chi connectivity index (χ0) is 24.0. The number of nitrogens with one attached hydrogen (secondary N) is 2. The van der Waals surface area contributed by atoms with Crippen molar-refractivity contribution in [3.63, 3.8) is 0 Å². The van der Waals surface area contributed by atoms with Gasteiger partial charge in [0.2, 0.25) is 17.8 Å². The van der Waals surface area contributed by atoms with Crippen molar-refractivity contribution in [2.45, 2.75) is 56.7 Å². The van der Waals surface area contributed by atoms with E-state index >= 15 is 0 Å². The number of nitrogens with zero attached hydrogens (tertiary/aromatic N) is 4. The third kappa shape index (κ3) is 4.49. The van der Waals surface area contributed by atoms with Gasteiger partial charge in [0.25, 0.3) is 0 Å². The van der Waals surface area contributed by atoms with Crippen LogP contribution in [-0.4, -0.2) is 42.7 Å². The average molecular weight is 508 g/mol. The number of carbonyl (C=O) groups is 1. The zero-order valence-electron chi connectivity index (χ0n) is 18.1. The van der Waals surface area contributed by atoms with E-state index in [0.717, 1.165) is 0 Å². The highest BCUT2D eigenvalue weighted by molar-refractivity contribution is 6.36. The maximum atomic E-state index is 14.7. The quantitative estimate of drug-likeness (QED) is 0.393. The van der Waals surface area contributed by atoms with Crippen molar-refractivity contribution >= 4 is 57.9 Å². The Kier molecular flexibility index (Phi) is 6.22. The molecule has 0 spiro atoms. The van der Waals surface area contributed by atoms with Gasteiger partial charge in [0, 0.05) is 23.0 Å². The molecule has 2 aliphatic rings. The molecule has 0 atom stereocenters. The van der Waals surface area contributed by atoms with Crippen LogP contribution >= 0.6 is 23.2 Å². The summed E-state index contributed by atoms with van der Waals surface area (Å²) in [6.45, 7) is 0. The van der Waals surface area contributed by atoms with Crippen LogP contribution < -0.4 is 16.4 Å². The van der Waals surface area contributed by atoms with E-state index in [2.05, 4.69) is 25.6 Å². The van der Waals surface area contributed by atoms with E-state index in [1.807, 2.05) is 4.57 Å². The summed E-state index contributed by atoms with van der Waals surface area (Å²) >= 11 is 12.2. The topological polar surface area (TPSA) is 131 Å². The van der Waals surface area contributed by atoms with Gasteiger partial charge < -0.3 is 21.5 Å². The van der Waals surface area contributed by atoms with E-state index in [9.17, 15) is 14.3 Å². The van der Waals surface area contributed by atoms with Gasteiger partial charge >= 0.3 is 0 Å². The highest BCUT2D eigenvalue weighted by Gasteiger charge is 2.31. The van der Waals surface area contributed by atoms with E-state index in [-0.39, 0.29) is 45.7 Å². The number of aliphatic hydroxyl groups excluding tert-OH is 1. The molecule has 1 aromatic carbocycles. The molecule has 0 radical (unpaired) electrons. The van der Waals surface area contributed by atoms with E-state index in [4.69, 9.17) is 28.9 Å². The number of amides is 1. The SMILES string of the molecule is NC(=O)[C@H]1CC[C@H](n2c(Nc3c(F)cc(Cl)cc3Cl)nc3cnc(N[C@H]4C[C@H](O)C4)nc32)CC1. The van der Waals surface area contributed by atoms with Crippen LogP contribution in [0.15, 0.2) is 18.3 Å². The van der Waals surface area contributed by atoms with Crippen LogP contribution in [0.5, 0.6) is 0 Å². The number of nitrogens with two attached hydrogens (primary N) is 1. The molecular formula is C22H24Cl2FN7O2. The molecule has 0 aliphatic heterocycles. The lowest BCUT2D eigenvalue weighted by atomic mass is 9.85. The first-order valence-corrected chi connectivity index (χ1v) is 11.9. The van der Waals surface area contributed by atoms with Gasteiger partial charge in [-0.25, -0.2) is 14.4 Å². The van der Waals surface area contributed by atoms with Gasteiger partial charge in [-0.2, -0.15) is 4.98 Å². The van der Waals surface area contributed by atoms with Crippen molar-refractivity contribution in [2.24, 2.45) is 11.7 Å². The Balaban J connectivity index is 1.52. The molecule has 0 unspecified atom stereocenters. The molecule has 2 aromatic heterocycles. The predicted molar refractivity (Wildman–Crippen MR) is 128 cm³/mol. The summed E-state index contributed by atoms with van der Waals surface area (Å²) in [7, 11) is 0. The second-order valence-electron chi connectivity index (χ2n) is 8.95. The van der Waals surface area contributed by atoms with Crippen LogP contribution in [-0.2, 0) is 4.79 Å². The second-order valence-corrected chi connectivity index (χ2v) is 9.80. The first-order valence-electron chi connectivity index (χ1n) is 11.2. The molecule has 2 saturated carbocycles. The Bertz CT molecular complexity index is 1220. The number of hydrogen-bond acceptors (Lipinski definition) is 7. The number of primary amides is 1. The van der Waals surface area contributed by atoms with Crippen molar-refractivity contribution in [3.8, 4) is 0 Å². The molecule has 180 valence electrons. The lowest BCUT2D eigenvalue weighted by Crippen LogP contribution is -2.39. The molecule has 0 saturated heterocycles. The van der Waals surface area contributed by atoms with Gasteiger partial charge in [0.05, 0.1) is 23.0 Å². The van der Waals surface area contributed by atoms with Crippen LogP contribution in [0.2, 0.25) is 10.0 Å². The molecule has 0 bridgehead atoms. The standard InChI is InChI=1S/C22H24Cl2FN7O2/c23-11-5-15(24)18(16(25)6-11)30-22-29-17-9-27-21(28-12-7-14(33)8-12)31-20(17)32(22)13-3-1-10(2-4-13)19(26)34/h5-6,9-10,12-14,33H,1-4,7-8H2,(H2,26,34)(H,29,30)(H,27,28,31)/t10-,12-,13-,14-. The van der Waals surface area contributed by atoms with Crippen LogP contribution in [0.3, 0.4) is 0 Å². The first kappa shape index (κ1) is 23.1. The number of aliphatic hydroxyl groups is 1. The van der Waals surface area contributed by atoms with Crippen molar-refractivity contribution < 1.29 is 14.3 Å². The van der Waals surface area contributed by atoms with Gasteiger partial charge in [-0.3, -0.25) is 9.36 Å². The molecule has 3 aromatic rings. The number of carbonyl (C=O) groups excluding carboxylic acids is 1. The van der Waals surface area contributed by atoms with E-state index in [1.165, 1.54) is 12.1 Å². The minimum Gasteiger partial charge on any atom is -0.393 e. The number of fused-ring (bicyclic) bond motifs is 1. The summed E-state index contributed by atoms with van der Waals surface area (Å²) in [5.41, 5.74) is 6.68. The molecular weight excluding hydrogens is 484 g/mol. The second kappa shape index (κ2) is 9.16. The lowest BCUT2D eigenvalue weighted by molar-refractivity contribution is -0.122. The molecule has 34 heavy (non-hydrogen) atoms. The smallest absolute Gasteiger partial charge is 0.224 e. The molecule has 2 aliphatic carbocycles. The van der Waals surface area contributed by atoms with Crippen molar-refractivity contribution in [3.05, 3.63) is 34.2 Å². The van der Waals surface area contributed by atoms with Gasteiger partial charge in [0.15, 0.2) is 5.65 Å². The highest BCUT2D eigenvalue weighted by Crippen LogP contribution is 2.38. The van der Waals surface area contributed by atoms with Crippen molar-refractivity contribution in [1.29, 1.82) is 0 Å². The van der Waals surface area contributed by atoms with Crippen LogP contribution in [0, 0.1) is 11.7 Å². The number of benzene rings is 1. The van der Waals surface area contributed by atoms with Crippen LogP contribution in [0.1, 0.15) is 44.6 Å². The van der Waals surface area contributed by atoms with Gasteiger partial charge in [0.1, 0.15) is 11.3 Å². The highest BCUT2D eigenvalue weighted by atomic mass is 35.5. The van der Waals surface area contributed by atoms with Crippen molar-refractivity contribution in [2.75, 3.05) is 10.6 Å². The molecule has 2 heterocycles. The lowest BCUT2D eigenvalue weighted by Gasteiger charge is -2.32. The third-order valence-corrected chi connectivity index (χ3v) is 7.10. The van der Waals surface area contributed by atoms with Crippen LogP contribution in [0.4, 0.5) is 22.0 Å². The average Bonchev–Trinajstić information content (AvgIpc) is 3.12. The normalized spacial score (nSPS) is 24.6. The molecule has 5 rings (SSSR count). The molecule has 12 heteroatoms. The summed E-state index contributed by atoms with van der Waals surface area (Å²) in [5, 5.41) is 16.1. The fraction of sp³-hybridized carbons (Fsp3) is 0.455. The molecule has 2 fully saturated rings. The van der Waals surface area contributed by atoms with E-state index < -0.39 is 5.82 Å². The number of hydrogen-bond donors (Lipinski definition) is 4. The van der Waals surface area contributed by atoms with Crippen LogP contribution in [0.25, 0.3) is 11.2 Å². The number of aromatic nitrogens is 4. The number of rotatable bonds is 6. The van der Waals surface area contributed by atoms with E-state index in [0.29, 0.717) is 61.6 Å². The largest absolute Gasteiger partial charge is 0.393 e. The minimum absolute atomic E-state index is 0.0366. The summed E-state index contributed by atoms with van der Waals surface area (Å²) < 4.78 is 16.6. The fourth-order valence-electron chi connectivity index (χ4n) is 4.67. The van der Waals surface area contributed by atoms with Gasteiger partial charge in [-0.1, -0.05) is 23.2 Å². The van der Waals surface area contributed by atoms with Crippen molar-refractivity contribution in [1.82, 2.24) is 19.5 Å². The van der Waals surface area contributed by atoms with Gasteiger partial charge in [-0.05, 0) is 50.7 Å². The Labute approximate surface area is 204 Å². The predicted octanol–water partition coefficient (Wildman–Crippen LogP) is 4.17. The Morgan fingerprint density at radius 1 is 1.18 bits per heavy atom. The maximum absolute atomic E-state index is 14.7. The first-order chi connectivity index (χ1) is 16.3.